The van der Waals surface area contributed by atoms with Crippen LogP contribution in [-0.2, 0) is 10.2 Å². The van der Waals surface area contributed by atoms with Gasteiger partial charge in [0.2, 0.25) is 0 Å². The zero-order chi connectivity index (χ0) is 13.9. The van der Waals surface area contributed by atoms with E-state index in [-0.39, 0.29) is 11.3 Å². The first-order chi connectivity index (χ1) is 8.99. The molecule has 0 aliphatic heterocycles. The van der Waals surface area contributed by atoms with Crippen LogP contribution in [0.4, 0.5) is 5.69 Å². The number of hydrogen-bond acceptors (Lipinski definition) is 4. The highest BCUT2D eigenvalue weighted by atomic mass is 32.2. The molecule has 1 fully saturated rings. The van der Waals surface area contributed by atoms with E-state index < -0.39 is 10.2 Å². The predicted molar refractivity (Wildman–Crippen MR) is 70.7 cm³/mol. The number of anilines is 1. The SMILES string of the molecule is N#Cc1c(NS(N)(=O)=O)cccc1OCC1CCC1. The van der Waals surface area contributed by atoms with E-state index in [9.17, 15) is 8.42 Å². The standard InChI is InChI=1S/C12H15N3O3S/c13-7-10-11(15-19(14,16)17)5-2-6-12(10)18-8-9-3-1-4-9/h2,5-6,9,15H,1,3-4,8H2,(H2,14,16,17). The molecule has 0 aromatic heterocycles. The molecular weight excluding hydrogens is 266 g/mol. The van der Waals surface area contributed by atoms with E-state index in [1.165, 1.54) is 12.5 Å². The Labute approximate surface area is 112 Å². The third kappa shape index (κ3) is 3.59. The Morgan fingerprint density at radius 1 is 1.47 bits per heavy atom. The van der Waals surface area contributed by atoms with Crippen molar-refractivity contribution >= 4 is 15.9 Å². The van der Waals surface area contributed by atoms with E-state index >= 15 is 0 Å². The van der Waals surface area contributed by atoms with Gasteiger partial charge in [0, 0.05) is 0 Å². The molecule has 0 radical (unpaired) electrons. The largest absolute Gasteiger partial charge is 0.492 e. The van der Waals surface area contributed by atoms with Gasteiger partial charge in [-0.15, -0.1) is 0 Å². The minimum Gasteiger partial charge on any atom is -0.492 e. The summed E-state index contributed by atoms with van der Waals surface area (Å²) in [7, 11) is -3.91. The number of hydrogen-bond donors (Lipinski definition) is 2. The lowest BCUT2D eigenvalue weighted by Gasteiger charge is -2.25. The molecule has 0 amide bonds. The van der Waals surface area contributed by atoms with Gasteiger partial charge in [0.15, 0.2) is 0 Å². The van der Waals surface area contributed by atoms with Crippen LogP contribution in [0.5, 0.6) is 5.75 Å². The van der Waals surface area contributed by atoms with Crippen molar-refractivity contribution in [2.24, 2.45) is 11.1 Å². The molecule has 1 aliphatic carbocycles. The molecule has 2 rings (SSSR count). The molecule has 0 atom stereocenters. The number of ether oxygens (including phenoxy) is 1. The highest BCUT2D eigenvalue weighted by Crippen LogP contribution is 2.30. The second kappa shape index (κ2) is 5.47. The first-order valence-corrected chi connectivity index (χ1v) is 7.50. The number of nitriles is 1. The third-order valence-corrected chi connectivity index (χ3v) is 3.59. The molecular formula is C12H15N3O3S. The first kappa shape index (κ1) is 13.6. The molecule has 0 saturated heterocycles. The second-order valence-corrected chi connectivity index (χ2v) is 5.84. The highest BCUT2D eigenvalue weighted by Gasteiger charge is 2.19. The molecule has 7 heteroatoms. The van der Waals surface area contributed by atoms with Crippen LogP contribution in [0, 0.1) is 17.2 Å². The molecule has 6 nitrogen and oxygen atoms in total. The number of benzene rings is 1. The fourth-order valence-electron chi connectivity index (χ4n) is 1.87. The lowest BCUT2D eigenvalue weighted by atomic mass is 9.86. The van der Waals surface area contributed by atoms with Crippen molar-refractivity contribution < 1.29 is 13.2 Å². The van der Waals surface area contributed by atoms with Gasteiger partial charge in [-0.3, -0.25) is 4.72 Å². The Morgan fingerprint density at radius 3 is 2.74 bits per heavy atom. The van der Waals surface area contributed by atoms with Gasteiger partial charge in [-0.2, -0.15) is 13.7 Å². The maximum absolute atomic E-state index is 11.0. The van der Waals surface area contributed by atoms with Crippen molar-refractivity contribution in [2.45, 2.75) is 19.3 Å². The van der Waals surface area contributed by atoms with Crippen molar-refractivity contribution in [1.29, 1.82) is 5.26 Å². The maximum Gasteiger partial charge on any atom is 0.296 e. The maximum atomic E-state index is 11.0. The van der Waals surface area contributed by atoms with Crippen LogP contribution in [0.1, 0.15) is 24.8 Å². The van der Waals surface area contributed by atoms with E-state index in [1.54, 1.807) is 12.1 Å². The molecule has 3 N–H and O–H groups in total. The van der Waals surface area contributed by atoms with Gasteiger partial charge in [-0.05, 0) is 30.9 Å². The van der Waals surface area contributed by atoms with Crippen LogP contribution in [0.15, 0.2) is 18.2 Å². The van der Waals surface area contributed by atoms with Gasteiger partial charge in [0.1, 0.15) is 17.4 Å². The van der Waals surface area contributed by atoms with Crippen LogP contribution in [0.2, 0.25) is 0 Å². The smallest absolute Gasteiger partial charge is 0.296 e. The molecule has 0 bridgehead atoms. The molecule has 0 unspecified atom stereocenters. The average Bonchev–Trinajstić information content (AvgIpc) is 2.25. The summed E-state index contributed by atoms with van der Waals surface area (Å²) in [4.78, 5) is 0. The Balaban J connectivity index is 2.18. The summed E-state index contributed by atoms with van der Waals surface area (Å²) in [6, 6.07) is 6.67. The zero-order valence-electron chi connectivity index (χ0n) is 10.3. The highest BCUT2D eigenvalue weighted by molar-refractivity contribution is 7.90. The number of nitrogens with zero attached hydrogens (tertiary/aromatic N) is 1. The Morgan fingerprint density at radius 2 is 2.21 bits per heavy atom. The monoisotopic (exact) mass is 281 g/mol. The average molecular weight is 281 g/mol. The Kier molecular flexibility index (Phi) is 3.93. The second-order valence-electron chi connectivity index (χ2n) is 4.55. The summed E-state index contributed by atoms with van der Waals surface area (Å²) in [6.07, 6.45) is 3.49. The molecule has 102 valence electrons. The fourth-order valence-corrected chi connectivity index (χ4v) is 2.35. The summed E-state index contributed by atoms with van der Waals surface area (Å²) in [5.41, 5.74) is 0.284. The van der Waals surface area contributed by atoms with Crippen LogP contribution < -0.4 is 14.6 Å². The van der Waals surface area contributed by atoms with Gasteiger partial charge >= 0.3 is 0 Å². The lowest BCUT2D eigenvalue weighted by molar-refractivity contribution is 0.180. The molecule has 0 heterocycles. The van der Waals surface area contributed by atoms with Crippen LogP contribution >= 0.6 is 0 Å². The van der Waals surface area contributed by atoms with E-state index in [2.05, 4.69) is 4.72 Å². The van der Waals surface area contributed by atoms with Gasteiger partial charge in [-0.1, -0.05) is 12.5 Å². The minimum atomic E-state index is -3.91. The van der Waals surface area contributed by atoms with Crippen LogP contribution in [0.25, 0.3) is 0 Å². The Hall–Kier alpha value is -1.78. The van der Waals surface area contributed by atoms with Crippen molar-refractivity contribution in [1.82, 2.24) is 0 Å². The van der Waals surface area contributed by atoms with Gasteiger partial charge < -0.3 is 4.74 Å². The molecule has 1 aliphatic rings. The third-order valence-electron chi connectivity index (χ3n) is 3.09. The van der Waals surface area contributed by atoms with Crippen molar-refractivity contribution in [3.8, 4) is 11.8 Å². The molecule has 1 aromatic rings. The zero-order valence-corrected chi connectivity index (χ0v) is 11.1. The summed E-state index contributed by atoms with van der Waals surface area (Å²) in [6.45, 7) is 0.549. The lowest BCUT2D eigenvalue weighted by Crippen LogP contribution is -2.23. The van der Waals surface area contributed by atoms with Crippen molar-refractivity contribution in [2.75, 3.05) is 11.3 Å². The van der Waals surface area contributed by atoms with Crippen LogP contribution in [0.3, 0.4) is 0 Å². The molecule has 1 aromatic carbocycles. The summed E-state index contributed by atoms with van der Waals surface area (Å²) >= 11 is 0. The number of nitrogens with two attached hydrogens (primary N) is 1. The molecule has 1 saturated carbocycles. The molecule has 0 spiro atoms. The fraction of sp³-hybridized carbons (Fsp3) is 0.417. The van der Waals surface area contributed by atoms with Gasteiger partial charge in [-0.25, -0.2) is 5.14 Å². The van der Waals surface area contributed by atoms with E-state index in [4.69, 9.17) is 15.1 Å². The van der Waals surface area contributed by atoms with E-state index in [0.29, 0.717) is 18.3 Å². The van der Waals surface area contributed by atoms with E-state index in [0.717, 1.165) is 12.8 Å². The van der Waals surface area contributed by atoms with Crippen molar-refractivity contribution in [3.63, 3.8) is 0 Å². The number of rotatable bonds is 5. The van der Waals surface area contributed by atoms with E-state index in [1.807, 2.05) is 6.07 Å². The minimum absolute atomic E-state index is 0.135. The normalized spacial score (nSPS) is 15.4. The van der Waals surface area contributed by atoms with Gasteiger partial charge in [0.05, 0.1) is 12.3 Å². The van der Waals surface area contributed by atoms with Crippen LogP contribution in [-0.4, -0.2) is 15.0 Å². The summed E-state index contributed by atoms with van der Waals surface area (Å²) in [5.74, 6) is 0.907. The predicted octanol–water partition coefficient (Wildman–Crippen LogP) is 1.35. The summed E-state index contributed by atoms with van der Waals surface area (Å²) in [5, 5.41) is 14.0. The van der Waals surface area contributed by atoms with Gasteiger partial charge in [0.25, 0.3) is 10.2 Å². The first-order valence-electron chi connectivity index (χ1n) is 5.96. The summed E-state index contributed by atoms with van der Waals surface area (Å²) < 4.78 is 29.7. The topological polar surface area (TPSA) is 105 Å². The quantitative estimate of drug-likeness (QED) is 0.849. The molecule has 19 heavy (non-hydrogen) atoms. The Bertz CT molecular complexity index is 603. The number of nitrogens with one attached hydrogen (secondary N) is 1. The van der Waals surface area contributed by atoms with Crippen molar-refractivity contribution in [3.05, 3.63) is 23.8 Å².